The standard InChI is InChI=1S/C11H19N5O3S/c1-8-14-6-11(15-8)20(18,19)16(7-10(12)17)9-2-4-13-5-3-9/h6,9,13H,2-5,7H2,1H3,(H2,12,17)(H,14,15). The minimum absolute atomic E-state index is 0.00483. The van der Waals surface area contributed by atoms with Gasteiger partial charge in [0.1, 0.15) is 5.82 Å². The molecule has 4 N–H and O–H groups in total. The number of carbonyl (C=O) groups is 1. The predicted molar refractivity (Wildman–Crippen MR) is 72.3 cm³/mol. The Hall–Kier alpha value is -1.45. The first-order valence-corrected chi connectivity index (χ1v) is 7.87. The fraction of sp³-hybridized carbons (Fsp3) is 0.636. The van der Waals surface area contributed by atoms with Gasteiger partial charge in [0.2, 0.25) is 5.91 Å². The molecule has 0 spiro atoms. The molecule has 1 saturated heterocycles. The summed E-state index contributed by atoms with van der Waals surface area (Å²) >= 11 is 0. The maximum absolute atomic E-state index is 12.6. The van der Waals surface area contributed by atoms with E-state index in [1.165, 1.54) is 10.5 Å². The number of nitrogens with zero attached hydrogens (tertiary/aromatic N) is 2. The first-order chi connectivity index (χ1) is 9.41. The van der Waals surface area contributed by atoms with Crippen LogP contribution in [0.1, 0.15) is 18.7 Å². The molecule has 1 aromatic heterocycles. The fourth-order valence-corrected chi connectivity index (χ4v) is 3.93. The van der Waals surface area contributed by atoms with Gasteiger partial charge < -0.3 is 16.0 Å². The van der Waals surface area contributed by atoms with Crippen molar-refractivity contribution in [2.75, 3.05) is 19.6 Å². The van der Waals surface area contributed by atoms with Crippen LogP contribution in [0.4, 0.5) is 0 Å². The van der Waals surface area contributed by atoms with Crippen molar-refractivity contribution in [2.24, 2.45) is 5.73 Å². The molecule has 112 valence electrons. The quantitative estimate of drug-likeness (QED) is 0.640. The van der Waals surface area contributed by atoms with Crippen LogP contribution in [0, 0.1) is 6.92 Å². The van der Waals surface area contributed by atoms with Crippen LogP contribution in [0.3, 0.4) is 0 Å². The van der Waals surface area contributed by atoms with E-state index in [9.17, 15) is 13.2 Å². The summed E-state index contributed by atoms with van der Waals surface area (Å²) in [5, 5.41) is 3.16. The van der Waals surface area contributed by atoms with Crippen LogP contribution >= 0.6 is 0 Å². The van der Waals surface area contributed by atoms with E-state index in [1.54, 1.807) is 6.92 Å². The minimum atomic E-state index is -3.79. The molecule has 0 unspecified atom stereocenters. The molecular formula is C11H19N5O3S. The molecule has 20 heavy (non-hydrogen) atoms. The van der Waals surface area contributed by atoms with Crippen molar-refractivity contribution in [1.29, 1.82) is 0 Å². The number of rotatable bonds is 5. The molecule has 8 nitrogen and oxygen atoms in total. The molecule has 2 heterocycles. The molecule has 1 aromatic rings. The number of sulfonamides is 1. The number of nitrogens with two attached hydrogens (primary N) is 1. The van der Waals surface area contributed by atoms with Crippen LogP contribution in [0.15, 0.2) is 11.2 Å². The van der Waals surface area contributed by atoms with Gasteiger partial charge in [-0.15, -0.1) is 0 Å². The summed E-state index contributed by atoms with van der Waals surface area (Å²) in [7, 11) is -3.79. The highest BCUT2D eigenvalue weighted by Gasteiger charge is 2.34. The Labute approximate surface area is 117 Å². The van der Waals surface area contributed by atoms with Crippen LogP contribution in [0.25, 0.3) is 0 Å². The van der Waals surface area contributed by atoms with E-state index in [2.05, 4.69) is 15.3 Å². The van der Waals surface area contributed by atoms with Crippen molar-refractivity contribution in [3.8, 4) is 0 Å². The van der Waals surface area contributed by atoms with E-state index in [-0.39, 0.29) is 17.6 Å². The van der Waals surface area contributed by atoms with E-state index in [1.807, 2.05) is 0 Å². The predicted octanol–water partition coefficient (Wildman–Crippen LogP) is -1.05. The summed E-state index contributed by atoms with van der Waals surface area (Å²) in [4.78, 5) is 17.8. The Bertz CT molecular complexity index is 577. The Balaban J connectivity index is 2.31. The van der Waals surface area contributed by atoms with Crippen LogP contribution in [0.5, 0.6) is 0 Å². The van der Waals surface area contributed by atoms with Gasteiger partial charge in [-0.05, 0) is 32.9 Å². The number of piperidine rings is 1. The van der Waals surface area contributed by atoms with Crippen molar-refractivity contribution < 1.29 is 13.2 Å². The molecular weight excluding hydrogens is 282 g/mol. The molecule has 0 saturated carbocycles. The molecule has 0 bridgehead atoms. The summed E-state index contributed by atoms with van der Waals surface area (Å²) in [5.41, 5.74) is 5.19. The fourth-order valence-electron chi connectivity index (χ4n) is 2.31. The van der Waals surface area contributed by atoms with E-state index >= 15 is 0 Å². The molecule has 0 aromatic carbocycles. The number of H-pyrrole nitrogens is 1. The maximum atomic E-state index is 12.6. The normalized spacial score (nSPS) is 17.5. The summed E-state index contributed by atoms with van der Waals surface area (Å²) in [6.45, 7) is 2.79. The molecule has 2 rings (SSSR count). The van der Waals surface area contributed by atoms with Gasteiger partial charge in [0.25, 0.3) is 10.0 Å². The van der Waals surface area contributed by atoms with Gasteiger partial charge in [0, 0.05) is 6.04 Å². The Morgan fingerprint density at radius 2 is 2.15 bits per heavy atom. The van der Waals surface area contributed by atoms with Crippen molar-refractivity contribution in [3.05, 3.63) is 12.0 Å². The monoisotopic (exact) mass is 301 g/mol. The van der Waals surface area contributed by atoms with Gasteiger partial charge in [-0.3, -0.25) is 4.79 Å². The second kappa shape index (κ2) is 5.90. The number of aromatic amines is 1. The second-order valence-electron chi connectivity index (χ2n) is 4.83. The highest BCUT2D eigenvalue weighted by atomic mass is 32.2. The van der Waals surface area contributed by atoms with Gasteiger partial charge in [0.05, 0.1) is 12.7 Å². The molecule has 0 atom stereocenters. The molecule has 1 aliphatic heterocycles. The van der Waals surface area contributed by atoms with Gasteiger partial charge in [-0.1, -0.05) is 0 Å². The van der Waals surface area contributed by atoms with Gasteiger partial charge in [-0.25, -0.2) is 13.4 Å². The van der Waals surface area contributed by atoms with E-state index in [0.717, 1.165) is 13.1 Å². The highest BCUT2D eigenvalue weighted by Crippen LogP contribution is 2.21. The van der Waals surface area contributed by atoms with Gasteiger partial charge in [-0.2, -0.15) is 4.31 Å². The SMILES string of the molecule is Cc1ncc(S(=O)(=O)N(CC(N)=O)C2CCNCC2)[nH]1. The summed E-state index contributed by atoms with van der Waals surface area (Å²) < 4.78 is 26.4. The summed E-state index contributed by atoms with van der Waals surface area (Å²) in [6.07, 6.45) is 2.57. The topological polar surface area (TPSA) is 121 Å². The zero-order valence-corrected chi connectivity index (χ0v) is 12.1. The molecule has 1 fully saturated rings. The van der Waals surface area contributed by atoms with E-state index in [4.69, 9.17) is 5.73 Å². The number of carbonyl (C=O) groups excluding carboxylic acids is 1. The van der Waals surface area contributed by atoms with Crippen LogP contribution in [-0.4, -0.2) is 54.3 Å². The average molecular weight is 301 g/mol. The molecule has 1 aliphatic rings. The lowest BCUT2D eigenvalue weighted by Crippen LogP contribution is -2.49. The smallest absolute Gasteiger partial charge is 0.260 e. The van der Waals surface area contributed by atoms with Gasteiger partial charge >= 0.3 is 0 Å². The third-order valence-corrected chi connectivity index (χ3v) is 5.10. The third-order valence-electron chi connectivity index (χ3n) is 3.29. The highest BCUT2D eigenvalue weighted by molar-refractivity contribution is 7.89. The largest absolute Gasteiger partial charge is 0.369 e. The lowest BCUT2D eigenvalue weighted by molar-refractivity contribution is -0.118. The van der Waals surface area contributed by atoms with Crippen LogP contribution < -0.4 is 11.1 Å². The third kappa shape index (κ3) is 3.17. The lowest BCUT2D eigenvalue weighted by Gasteiger charge is -2.32. The molecule has 0 radical (unpaired) electrons. The van der Waals surface area contributed by atoms with E-state index in [0.29, 0.717) is 18.7 Å². The van der Waals surface area contributed by atoms with E-state index < -0.39 is 15.9 Å². The number of nitrogens with one attached hydrogen (secondary N) is 2. The Morgan fingerprint density at radius 3 is 2.65 bits per heavy atom. The van der Waals surface area contributed by atoms with Crippen LogP contribution in [-0.2, 0) is 14.8 Å². The first-order valence-electron chi connectivity index (χ1n) is 6.43. The Morgan fingerprint density at radius 1 is 1.50 bits per heavy atom. The molecule has 0 aliphatic carbocycles. The van der Waals surface area contributed by atoms with Gasteiger partial charge in [0.15, 0.2) is 5.03 Å². The van der Waals surface area contributed by atoms with Crippen molar-refractivity contribution in [3.63, 3.8) is 0 Å². The van der Waals surface area contributed by atoms with Crippen molar-refractivity contribution in [1.82, 2.24) is 19.6 Å². The Kier molecular flexibility index (Phi) is 4.41. The number of aromatic nitrogens is 2. The average Bonchev–Trinajstić information content (AvgIpc) is 2.84. The number of hydrogen-bond acceptors (Lipinski definition) is 5. The second-order valence-corrected chi connectivity index (χ2v) is 6.69. The number of amides is 1. The number of hydrogen-bond donors (Lipinski definition) is 3. The summed E-state index contributed by atoms with van der Waals surface area (Å²) in [5.74, 6) is -0.156. The first kappa shape index (κ1) is 14.9. The zero-order valence-electron chi connectivity index (χ0n) is 11.3. The number of aryl methyl sites for hydroxylation is 1. The molecule has 9 heteroatoms. The zero-order chi connectivity index (χ0) is 14.8. The number of primary amides is 1. The van der Waals surface area contributed by atoms with Crippen molar-refractivity contribution >= 4 is 15.9 Å². The maximum Gasteiger partial charge on any atom is 0.260 e. The van der Waals surface area contributed by atoms with Crippen molar-refractivity contribution in [2.45, 2.75) is 30.8 Å². The minimum Gasteiger partial charge on any atom is -0.369 e. The molecule has 1 amide bonds. The lowest BCUT2D eigenvalue weighted by atomic mass is 10.1. The van der Waals surface area contributed by atoms with Crippen LogP contribution in [0.2, 0.25) is 0 Å². The number of imidazole rings is 1. The summed E-state index contributed by atoms with van der Waals surface area (Å²) in [6, 6.07) is -0.225.